The lowest BCUT2D eigenvalue weighted by Gasteiger charge is -2.15. The molecule has 1 rings (SSSR count). The van der Waals surface area contributed by atoms with Crippen LogP contribution < -0.4 is 11.3 Å². The molecule has 0 aliphatic heterocycles. The van der Waals surface area contributed by atoms with Crippen molar-refractivity contribution in [1.29, 1.82) is 0 Å². The van der Waals surface area contributed by atoms with Crippen molar-refractivity contribution in [2.24, 2.45) is 5.84 Å². The molecule has 0 aliphatic carbocycles. The van der Waals surface area contributed by atoms with Gasteiger partial charge in [0.15, 0.2) is 0 Å². The minimum absolute atomic E-state index is 0.210. The predicted octanol–water partition coefficient (Wildman–Crippen LogP) is 2.93. The van der Waals surface area contributed by atoms with Crippen molar-refractivity contribution in [3.8, 4) is 0 Å². The van der Waals surface area contributed by atoms with E-state index in [1.807, 2.05) is 6.20 Å². The van der Waals surface area contributed by atoms with Crippen molar-refractivity contribution < 1.29 is 0 Å². The summed E-state index contributed by atoms with van der Waals surface area (Å²) in [7, 11) is 0. The second kappa shape index (κ2) is 6.93. The minimum atomic E-state index is 0.210. The van der Waals surface area contributed by atoms with Crippen LogP contribution in [0.4, 0.5) is 0 Å². The van der Waals surface area contributed by atoms with Gasteiger partial charge < -0.3 is 0 Å². The van der Waals surface area contributed by atoms with Gasteiger partial charge in [-0.2, -0.15) is 0 Å². The Balaban J connectivity index is 2.57. The van der Waals surface area contributed by atoms with Crippen LogP contribution in [-0.2, 0) is 0 Å². The zero-order valence-electron chi connectivity index (χ0n) is 9.04. The van der Waals surface area contributed by atoms with Gasteiger partial charge >= 0.3 is 0 Å². The Kier molecular flexibility index (Phi) is 5.83. The fraction of sp³-hybridized carbons (Fsp3) is 0.545. The third kappa shape index (κ3) is 4.28. The molecule has 0 aromatic carbocycles. The molecule has 0 fully saturated rings. The number of aromatic nitrogens is 1. The van der Waals surface area contributed by atoms with E-state index in [4.69, 9.17) is 5.84 Å². The van der Waals surface area contributed by atoms with Crippen molar-refractivity contribution in [3.05, 3.63) is 28.5 Å². The predicted molar refractivity (Wildman–Crippen MR) is 66.1 cm³/mol. The van der Waals surface area contributed by atoms with Crippen LogP contribution in [0.15, 0.2) is 22.9 Å². The van der Waals surface area contributed by atoms with Crippen LogP contribution >= 0.6 is 15.9 Å². The van der Waals surface area contributed by atoms with Crippen molar-refractivity contribution >= 4 is 15.9 Å². The topological polar surface area (TPSA) is 50.9 Å². The number of halogens is 1. The maximum absolute atomic E-state index is 5.54. The molecular weight excluding hydrogens is 254 g/mol. The Morgan fingerprint density at radius 2 is 2.27 bits per heavy atom. The molecule has 84 valence electrons. The third-order valence-electron chi connectivity index (χ3n) is 2.43. The van der Waals surface area contributed by atoms with Gasteiger partial charge in [-0.1, -0.05) is 26.2 Å². The molecule has 3 N–H and O–H groups in total. The Labute approximate surface area is 99.6 Å². The smallest absolute Gasteiger partial charge is 0.0475 e. The highest BCUT2D eigenvalue weighted by Crippen LogP contribution is 2.20. The average molecular weight is 272 g/mol. The van der Waals surface area contributed by atoms with Crippen LogP contribution in [0, 0.1) is 0 Å². The summed E-state index contributed by atoms with van der Waals surface area (Å²) in [6, 6.07) is 2.27. The number of hydrogen-bond acceptors (Lipinski definition) is 3. The van der Waals surface area contributed by atoms with Crippen molar-refractivity contribution in [2.45, 2.75) is 38.6 Å². The van der Waals surface area contributed by atoms with Crippen molar-refractivity contribution in [2.75, 3.05) is 0 Å². The highest BCUT2D eigenvalue weighted by Gasteiger charge is 2.09. The first-order chi connectivity index (χ1) is 7.27. The maximum atomic E-state index is 5.54. The number of nitrogens with two attached hydrogens (primary N) is 1. The number of hydrogen-bond donors (Lipinski definition) is 2. The summed E-state index contributed by atoms with van der Waals surface area (Å²) in [6.07, 6.45) is 8.37. The zero-order chi connectivity index (χ0) is 11.1. The third-order valence-corrected chi connectivity index (χ3v) is 2.86. The summed E-state index contributed by atoms with van der Waals surface area (Å²) in [5, 5.41) is 0. The average Bonchev–Trinajstić information content (AvgIpc) is 2.24. The monoisotopic (exact) mass is 271 g/mol. The Hall–Kier alpha value is -0.450. The molecule has 0 saturated heterocycles. The molecular formula is C11H18BrN3. The molecule has 15 heavy (non-hydrogen) atoms. The van der Waals surface area contributed by atoms with E-state index in [1.165, 1.54) is 19.3 Å². The van der Waals surface area contributed by atoms with Gasteiger partial charge in [0.1, 0.15) is 0 Å². The first-order valence-electron chi connectivity index (χ1n) is 5.34. The second-order valence-electron chi connectivity index (χ2n) is 3.65. The summed E-state index contributed by atoms with van der Waals surface area (Å²) in [4.78, 5) is 4.14. The molecule has 0 saturated carbocycles. The van der Waals surface area contributed by atoms with Crippen molar-refractivity contribution in [3.63, 3.8) is 0 Å². The molecule has 1 atom stereocenters. The van der Waals surface area contributed by atoms with Gasteiger partial charge in [0, 0.05) is 22.9 Å². The zero-order valence-corrected chi connectivity index (χ0v) is 10.6. The first-order valence-corrected chi connectivity index (χ1v) is 6.13. The van der Waals surface area contributed by atoms with Gasteiger partial charge in [-0.25, -0.2) is 0 Å². The molecule has 0 aliphatic rings. The molecule has 0 amide bonds. The Morgan fingerprint density at radius 3 is 2.87 bits per heavy atom. The van der Waals surface area contributed by atoms with E-state index in [0.717, 1.165) is 16.5 Å². The SMILES string of the molecule is CCCCCC(NN)c1cncc(Br)c1. The molecule has 4 heteroatoms. The van der Waals surface area contributed by atoms with Gasteiger partial charge in [0.05, 0.1) is 0 Å². The summed E-state index contributed by atoms with van der Waals surface area (Å²) in [5.41, 5.74) is 3.99. The van der Waals surface area contributed by atoms with Gasteiger partial charge in [-0.05, 0) is 34.0 Å². The number of rotatable bonds is 6. The fourth-order valence-corrected chi connectivity index (χ4v) is 1.95. The van der Waals surface area contributed by atoms with Crippen LogP contribution in [0.25, 0.3) is 0 Å². The number of pyridine rings is 1. The van der Waals surface area contributed by atoms with Gasteiger partial charge in [0.25, 0.3) is 0 Å². The van der Waals surface area contributed by atoms with E-state index in [9.17, 15) is 0 Å². The second-order valence-corrected chi connectivity index (χ2v) is 4.57. The van der Waals surface area contributed by atoms with E-state index in [2.05, 4.69) is 39.3 Å². The molecule has 0 radical (unpaired) electrons. The van der Waals surface area contributed by atoms with E-state index in [-0.39, 0.29) is 6.04 Å². The Bertz CT molecular complexity index is 291. The molecule has 1 heterocycles. The van der Waals surface area contributed by atoms with E-state index < -0.39 is 0 Å². The molecule has 0 spiro atoms. The molecule has 1 aromatic rings. The van der Waals surface area contributed by atoms with Gasteiger partial charge in [-0.15, -0.1) is 0 Å². The number of nitrogens with one attached hydrogen (secondary N) is 1. The highest BCUT2D eigenvalue weighted by molar-refractivity contribution is 9.10. The first kappa shape index (κ1) is 12.6. The lowest BCUT2D eigenvalue weighted by atomic mass is 10.0. The van der Waals surface area contributed by atoms with E-state index in [1.54, 1.807) is 6.20 Å². The number of nitrogens with zero attached hydrogens (tertiary/aromatic N) is 1. The lowest BCUT2D eigenvalue weighted by molar-refractivity contribution is 0.485. The van der Waals surface area contributed by atoms with Crippen LogP contribution in [-0.4, -0.2) is 4.98 Å². The van der Waals surface area contributed by atoms with Gasteiger partial charge in [-0.3, -0.25) is 16.3 Å². The molecule has 0 bridgehead atoms. The van der Waals surface area contributed by atoms with Crippen LogP contribution in [0.2, 0.25) is 0 Å². The highest BCUT2D eigenvalue weighted by atomic mass is 79.9. The number of unbranched alkanes of at least 4 members (excludes halogenated alkanes) is 2. The van der Waals surface area contributed by atoms with Crippen LogP contribution in [0.1, 0.15) is 44.2 Å². The normalized spacial score (nSPS) is 12.7. The van der Waals surface area contributed by atoms with Crippen molar-refractivity contribution in [1.82, 2.24) is 10.4 Å². The fourth-order valence-electron chi connectivity index (χ4n) is 1.56. The van der Waals surface area contributed by atoms with Gasteiger partial charge in [0.2, 0.25) is 0 Å². The lowest BCUT2D eigenvalue weighted by Crippen LogP contribution is -2.28. The standard InChI is InChI=1S/C11H18BrN3/c1-2-3-4-5-11(15-13)9-6-10(12)8-14-7-9/h6-8,11,15H,2-5,13H2,1H3. The number of hydrazine groups is 1. The van der Waals surface area contributed by atoms with Crippen LogP contribution in [0.5, 0.6) is 0 Å². The van der Waals surface area contributed by atoms with E-state index in [0.29, 0.717) is 0 Å². The maximum Gasteiger partial charge on any atom is 0.0475 e. The minimum Gasteiger partial charge on any atom is -0.271 e. The molecule has 1 aromatic heterocycles. The quantitative estimate of drug-likeness (QED) is 0.475. The summed E-state index contributed by atoms with van der Waals surface area (Å²) < 4.78 is 0.996. The van der Waals surface area contributed by atoms with Crippen LogP contribution in [0.3, 0.4) is 0 Å². The van der Waals surface area contributed by atoms with E-state index >= 15 is 0 Å². The summed E-state index contributed by atoms with van der Waals surface area (Å²) in [5.74, 6) is 5.54. The summed E-state index contributed by atoms with van der Waals surface area (Å²) in [6.45, 7) is 2.20. The summed E-state index contributed by atoms with van der Waals surface area (Å²) >= 11 is 3.41. The molecule has 3 nitrogen and oxygen atoms in total. The Morgan fingerprint density at radius 1 is 1.47 bits per heavy atom. The largest absolute Gasteiger partial charge is 0.271 e. The molecule has 1 unspecified atom stereocenters.